The zero-order valence-electron chi connectivity index (χ0n) is 18.7. The zero-order chi connectivity index (χ0) is 25.1. The Bertz CT molecular complexity index is 1390. The van der Waals surface area contributed by atoms with Gasteiger partial charge in [-0.1, -0.05) is 13.8 Å². The molecule has 0 bridgehead atoms. The van der Waals surface area contributed by atoms with E-state index in [1.807, 2.05) is 31.4 Å². The number of alkyl halides is 3. The molecule has 0 aliphatic heterocycles. The summed E-state index contributed by atoms with van der Waals surface area (Å²) in [5.74, 6) is -0.908. The third-order valence-electron chi connectivity index (χ3n) is 5.83. The third kappa shape index (κ3) is 4.42. The number of ketones is 1. The number of rotatable bonds is 4. The monoisotopic (exact) mass is 492 g/mol. The van der Waals surface area contributed by atoms with Crippen molar-refractivity contribution in [2.45, 2.75) is 44.7 Å². The Balaban J connectivity index is 1.62. The molecule has 1 aliphatic rings. The molecule has 2 aromatic carbocycles. The van der Waals surface area contributed by atoms with Crippen LogP contribution in [0.3, 0.4) is 0 Å². The normalized spacial score (nSPS) is 15.8. The van der Waals surface area contributed by atoms with E-state index >= 15 is 0 Å². The summed E-state index contributed by atoms with van der Waals surface area (Å²) < 4.78 is 67.9. The Morgan fingerprint density at radius 2 is 1.68 bits per heavy atom. The van der Waals surface area contributed by atoms with Crippen LogP contribution in [0.4, 0.5) is 18.9 Å². The molecule has 2 N–H and O–H groups in total. The number of Topliss-reactive ketones (excluding diaryl/α,β-unsaturated/α-hetero) is 1. The molecule has 0 saturated heterocycles. The van der Waals surface area contributed by atoms with E-state index in [4.69, 9.17) is 0 Å². The molecule has 6 nitrogen and oxygen atoms in total. The fourth-order valence-corrected chi connectivity index (χ4v) is 5.46. The van der Waals surface area contributed by atoms with Gasteiger partial charge in [-0.15, -0.1) is 0 Å². The number of aryl methyl sites for hydroxylation is 1. The summed E-state index contributed by atoms with van der Waals surface area (Å²) in [4.78, 5) is 11.9. The van der Waals surface area contributed by atoms with Gasteiger partial charge in [0.15, 0.2) is 5.78 Å². The van der Waals surface area contributed by atoms with Gasteiger partial charge in [-0.3, -0.25) is 9.52 Å². The van der Waals surface area contributed by atoms with Crippen LogP contribution in [0.5, 0.6) is 5.75 Å². The summed E-state index contributed by atoms with van der Waals surface area (Å²) in [5, 5.41) is 9.89. The van der Waals surface area contributed by atoms with E-state index in [1.54, 1.807) is 12.1 Å². The molecule has 0 fully saturated rings. The van der Waals surface area contributed by atoms with Crippen LogP contribution in [0.25, 0.3) is 5.69 Å². The highest BCUT2D eigenvalue weighted by Crippen LogP contribution is 2.38. The number of sulfonamides is 1. The Morgan fingerprint density at radius 1 is 1.03 bits per heavy atom. The molecule has 180 valence electrons. The number of hydrogen-bond donors (Lipinski definition) is 2. The van der Waals surface area contributed by atoms with Crippen LogP contribution >= 0.6 is 0 Å². The second kappa shape index (κ2) is 7.90. The molecule has 1 aliphatic carbocycles. The number of phenols is 1. The largest absolute Gasteiger partial charge is 0.506 e. The highest BCUT2D eigenvalue weighted by atomic mass is 32.2. The molecule has 0 spiro atoms. The average Bonchev–Trinajstić information content (AvgIpc) is 3.02. The van der Waals surface area contributed by atoms with Crippen molar-refractivity contribution in [2.24, 2.45) is 5.41 Å². The number of fused-ring (bicyclic) bond motifs is 1. The van der Waals surface area contributed by atoms with Gasteiger partial charge >= 0.3 is 6.18 Å². The Morgan fingerprint density at radius 3 is 2.26 bits per heavy atom. The van der Waals surface area contributed by atoms with Gasteiger partial charge < -0.3 is 9.67 Å². The van der Waals surface area contributed by atoms with Crippen molar-refractivity contribution in [3.63, 3.8) is 0 Å². The summed E-state index contributed by atoms with van der Waals surface area (Å²) in [5.41, 5.74) is 2.05. The lowest BCUT2D eigenvalue weighted by Gasteiger charge is -2.30. The predicted molar refractivity (Wildman–Crippen MR) is 121 cm³/mol. The van der Waals surface area contributed by atoms with Crippen molar-refractivity contribution in [3.05, 3.63) is 71.0 Å². The standard InChI is InChI=1S/C24H23F3N2O4S/c1-14-10-18-19(12-23(2,3)13-21(18)31)29(14)17-7-5-16(6-8-17)28-34(32,33)22-9-4-15(11-20(22)30)24(25,26)27/h4-11,28,30H,12-13H2,1-3H3. The number of carbonyl (C=O) groups excluding carboxylic acids is 1. The zero-order valence-corrected chi connectivity index (χ0v) is 19.5. The summed E-state index contributed by atoms with van der Waals surface area (Å²) in [6, 6.07) is 9.93. The van der Waals surface area contributed by atoms with Crippen LogP contribution in [0.2, 0.25) is 0 Å². The minimum Gasteiger partial charge on any atom is -0.506 e. The molecule has 10 heteroatoms. The lowest BCUT2D eigenvalue weighted by Crippen LogP contribution is -2.27. The minimum absolute atomic E-state index is 0.0915. The quantitative estimate of drug-likeness (QED) is 0.506. The van der Waals surface area contributed by atoms with Gasteiger partial charge in [0.25, 0.3) is 10.0 Å². The van der Waals surface area contributed by atoms with Gasteiger partial charge in [0.1, 0.15) is 10.6 Å². The molecule has 0 atom stereocenters. The second-order valence-electron chi connectivity index (χ2n) is 9.26. The van der Waals surface area contributed by atoms with Gasteiger partial charge in [-0.2, -0.15) is 13.2 Å². The number of nitrogens with zero attached hydrogens (tertiary/aromatic N) is 1. The van der Waals surface area contributed by atoms with Gasteiger partial charge in [-0.25, -0.2) is 8.42 Å². The van der Waals surface area contributed by atoms with Gasteiger partial charge in [-0.05, 0) is 67.3 Å². The number of hydrogen-bond acceptors (Lipinski definition) is 4. The van der Waals surface area contributed by atoms with E-state index in [2.05, 4.69) is 4.72 Å². The molecule has 0 radical (unpaired) electrons. The molecular formula is C24H23F3N2O4S. The number of aromatic hydroxyl groups is 1. The van der Waals surface area contributed by atoms with Crippen LogP contribution in [-0.4, -0.2) is 23.9 Å². The molecule has 0 amide bonds. The van der Waals surface area contributed by atoms with Crippen molar-refractivity contribution in [3.8, 4) is 11.4 Å². The maximum absolute atomic E-state index is 12.8. The van der Waals surface area contributed by atoms with E-state index in [0.29, 0.717) is 36.6 Å². The smallest absolute Gasteiger partial charge is 0.416 e. The van der Waals surface area contributed by atoms with Crippen LogP contribution in [0.1, 0.15) is 47.6 Å². The summed E-state index contributed by atoms with van der Waals surface area (Å²) in [7, 11) is -4.34. The van der Waals surface area contributed by atoms with Crippen LogP contribution in [-0.2, 0) is 22.6 Å². The SMILES string of the molecule is Cc1cc2c(n1-c1ccc(NS(=O)(=O)c3ccc(C(F)(F)F)cc3O)cc1)CC(C)(C)CC2=O. The number of anilines is 1. The molecule has 34 heavy (non-hydrogen) atoms. The van der Waals surface area contributed by atoms with Crippen molar-refractivity contribution < 1.29 is 31.5 Å². The maximum Gasteiger partial charge on any atom is 0.416 e. The second-order valence-corrected chi connectivity index (χ2v) is 10.9. The van der Waals surface area contributed by atoms with Crippen molar-refractivity contribution in [2.75, 3.05) is 4.72 Å². The van der Waals surface area contributed by atoms with Crippen LogP contribution in [0, 0.1) is 12.3 Å². The highest BCUT2D eigenvalue weighted by Gasteiger charge is 2.34. The lowest BCUT2D eigenvalue weighted by atomic mass is 9.76. The number of aromatic nitrogens is 1. The first kappa shape index (κ1) is 23.9. The molecular weight excluding hydrogens is 469 g/mol. The maximum atomic E-state index is 12.8. The summed E-state index contributed by atoms with van der Waals surface area (Å²) in [6.45, 7) is 5.96. The van der Waals surface area contributed by atoms with Crippen molar-refractivity contribution in [1.29, 1.82) is 0 Å². The fourth-order valence-electron chi connectivity index (χ4n) is 4.32. The highest BCUT2D eigenvalue weighted by molar-refractivity contribution is 7.92. The van der Waals surface area contributed by atoms with Gasteiger partial charge in [0.05, 0.1) is 5.56 Å². The molecule has 0 unspecified atom stereocenters. The molecule has 4 rings (SSSR count). The first-order valence-corrected chi connectivity index (χ1v) is 11.9. The molecule has 0 saturated carbocycles. The predicted octanol–water partition coefficient (Wildman–Crippen LogP) is 5.47. The Hall–Kier alpha value is -3.27. The van der Waals surface area contributed by atoms with Gasteiger partial charge in [0, 0.05) is 34.7 Å². The van der Waals surface area contributed by atoms with E-state index in [0.717, 1.165) is 17.1 Å². The van der Waals surface area contributed by atoms with Crippen molar-refractivity contribution in [1.82, 2.24) is 4.57 Å². The summed E-state index contributed by atoms with van der Waals surface area (Å²) in [6.07, 6.45) is -3.52. The number of phenolic OH excluding ortho intramolecular Hbond substituents is 1. The van der Waals surface area contributed by atoms with E-state index in [9.17, 15) is 31.5 Å². The number of halogens is 3. The van der Waals surface area contributed by atoms with Gasteiger partial charge in [0.2, 0.25) is 0 Å². The summed E-state index contributed by atoms with van der Waals surface area (Å²) >= 11 is 0. The van der Waals surface area contributed by atoms with E-state index < -0.39 is 32.4 Å². The Labute approximate surface area is 195 Å². The topological polar surface area (TPSA) is 88.4 Å². The number of carbonyl (C=O) groups is 1. The van der Waals surface area contributed by atoms with Crippen LogP contribution < -0.4 is 4.72 Å². The van der Waals surface area contributed by atoms with E-state index in [1.165, 1.54) is 12.1 Å². The van der Waals surface area contributed by atoms with Crippen molar-refractivity contribution >= 4 is 21.5 Å². The molecule has 3 aromatic rings. The molecule has 1 aromatic heterocycles. The molecule has 1 heterocycles. The lowest BCUT2D eigenvalue weighted by molar-refractivity contribution is -0.137. The minimum atomic E-state index is -4.71. The fraction of sp³-hybridized carbons (Fsp3) is 0.292. The number of benzene rings is 2. The van der Waals surface area contributed by atoms with Crippen LogP contribution in [0.15, 0.2) is 53.4 Å². The average molecular weight is 493 g/mol. The third-order valence-corrected chi connectivity index (χ3v) is 7.25. The van der Waals surface area contributed by atoms with E-state index in [-0.39, 0.29) is 16.9 Å². The first-order chi connectivity index (χ1) is 15.7. The number of nitrogens with one attached hydrogen (secondary N) is 1. The first-order valence-electron chi connectivity index (χ1n) is 10.5. The Kier molecular flexibility index (Phi) is 5.55.